The largest absolute Gasteiger partial charge is 0.382 e. The third-order valence-corrected chi connectivity index (χ3v) is 7.59. The molecule has 2 aromatic heterocycles. The molecule has 1 aliphatic rings. The van der Waals surface area contributed by atoms with Crippen molar-refractivity contribution in [2.75, 3.05) is 16.4 Å². The third-order valence-electron chi connectivity index (χ3n) is 7.59. The molecule has 6 rings (SSSR count). The summed E-state index contributed by atoms with van der Waals surface area (Å²) in [7, 11) is 0. The Morgan fingerprint density at radius 2 is 1.67 bits per heavy atom. The van der Waals surface area contributed by atoms with Crippen LogP contribution in [0.5, 0.6) is 0 Å². The van der Waals surface area contributed by atoms with Crippen molar-refractivity contribution >= 4 is 28.5 Å². The summed E-state index contributed by atoms with van der Waals surface area (Å²) in [5, 5.41) is 10.4. The molecule has 9 heteroatoms. The molecule has 0 aliphatic carbocycles. The van der Waals surface area contributed by atoms with Crippen molar-refractivity contribution in [3.8, 4) is 23.6 Å². The highest BCUT2D eigenvalue weighted by Gasteiger charge is 2.38. The number of aromatic nitrogens is 4. The first-order valence-corrected chi connectivity index (χ1v) is 13.7. The summed E-state index contributed by atoms with van der Waals surface area (Å²) >= 11 is 0. The number of benzene rings is 3. The van der Waals surface area contributed by atoms with Crippen molar-refractivity contribution < 1.29 is 0 Å². The summed E-state index contributed by atoms with van der Waals surface area (Å²) in [5.74, 6) is 7.26. The molecule has 206 valence electrons. The van der Waals surface area contributed by atoms with Crippen LogP contribution in [-0.4, -0.2) is 25.6 Å². The lowest BCUT2D eigenvalue weighted by Gasteiger charge is -2.31. The molecule has 4 N–H and O–H groups in total. The maximum absolute atomic E-state index is 14.5. The minimum atomic E-state index is -0.389. The summed E-state index contributed by atoms with van der Waals surface area (Å²) in [5.41, 5.74) is 15.8. The lowest BCUT2D eigenvalue weighted by atomic mass is 10.1. The van der Waals surface area contributed by atoms with Gasteiger partial charge in [0.05, 0.1) is 22.6 Å². The Morgan fingerprint density at radius 1 is 0.905 bits per heavy atom. The van der Waals surface area contributed by atoms with Gasteiger partial charge in [-0.15, -0.1) is 0 Å². The Hall–Kier alpha value is -5.67. The number of fused-ring (bicyclic) bond motifs is 1. The van der Waals surface area contributed by atoms with Gasteiger partial charge in [0.15, 0.2) is 5.82 Å². The molecular formula is C33H28N8O. The van der Waals surface area contributed by atoms with Crippen LogP contribution in [0.1, 0.15) is 53.9 Å². The van der Waals surface area contributed by atoms with Crippen LogP contribution in [0.4, 0.5) is 17.6 Å². The van der Waals surface area contributed by atoms with Crippen molar-refractivity contribution in [1.82, 2.24) is 19.5 Å². The zero-order valence-corrected chi connectivity index (χ0v) is 23.2. The van der Waals surface area contributed by atoms with Gasteiger partial charge in [-0.05, 0) is 63.1 Å². The van der Waals surface area contributed by atoms with Gasteiger partial charge in [-0.2, -0.15) is 15.2 Å². The molecule has 2 atom stereocenters. The van der Waals surface area contributed by atoms with Crippen LogP contribution in [-0.2, 0) is 0 Å². The Morgan fingerprint density at radius 3 is 2.40 bits per heavy atom. The number of hydrogen-bond acceptors (Lipinski definition) is 8. The van der Waals surface area contributed by atoms with E-state index in [4.69, 9.17) is 16.5 Å². The second-order valence-electron chi connectivity index (χ2n) is 10.4. The number of aryl methyl sites for hydroxylation is 1. The zero-order chi connectivity index (χ0) is 29.4. The van der Waals surface area contributed by atoms with Crippen molar-refractivity contribution in [3.05, 3.63) is 111 Å². The van der Waals surface area contributed by atoms with E-state index in [1.807, 2.05) is 91.5 Å². The predicted molar refractivity (Wildman–Crippen MR) is 164 cm³/mol. The molecule has 0 unspecified atom stereocenters. The van der Waals surface area contributed by atoms with Crippen molar-refractivity contribution in [3.63, 3.8) is 0 Å². The van der Waals surface area contributed by atoms with Crippen LogP contribution in [0.15, 0.2) is 77.6 Å². The molecule has 0 amide bonds. The van der Waals surface area contributed by atoms with Crippen molar-refractivity contribution in [2.24, 2.45) is 0 Å². The first kappa shape index (κ1) is 26.5. The van der Waals surface area contributed by atoms with Gasteiger partial charge < -0.3 is 16.4 Å². The van der Waals surface area contributed by atoms with Crippen LogP contribution in [0.25, 0.3) is 16.6 Å². The highest BCUT2D eigenvalue weighted by Crippen LogP contribution is 2.41. The van der Waals surface area contributed by atoms with Gasteiger partial charge in [-0.25, -0.2) is 4.98 Å². The Bertz CT molecular complexity index is 1980. The second-order valence-corrected chi connectivity index (χ2v) is 10.4. The van der Waals surface area contributed by atoms with E-state index in [2.05, 4.69) is 27.9 Å². The normalized spacial score (nSPS) is 16.2. The van der Waals surface area contributed by atoms with E-state index in [0.717, 1.165) is 17.5 Å². The monoisotopic (exact) mass is 552 g/mol. The van der Waals surface area contributed by atoms with E-state index in [0.29, 0.717) is 40.2 Å². The molecule has 5 aromatic rings. The van der Waals surface area contributed by atoms with Gasteiger partial charge in [0.2, 0.25) is 5.95 Å². The van der Waals surface area contributed by atoms with E-state index < -0.39 is 0 Å². The number of hydrogen-bond donors (Lipinski definition) is 2. The van der Waals surface area contributed by atoms with Crippen LogP contribution >= 0.6 is 0 Å². The molecule has 42 heavy (non-hydrogen) atoms. The zero-order valence-electron chi connectivity index (χ0n) is 23.2. The predicted octanol–water partition coefficient (Wildman–Crippen LogP) is 4.65. The Balaban J connectivity index is 1.59. The molecular weight excluding hydrogens is 524 g/mol. The molecule has 0 spiro atoms. The minimum Gasteiger partial charge on any atom is -0.382 e. The number of nitrogen functional groups attached to an aromatic ring is 2. The van der Waals surface area contributed by atoms with Gasteiger partial charge in [0.1, 0.15) is 23.3 Å². The van der Waals surface area contributed by atoms with Gasteiger partial charge in [0, 0.05) is 17.2 Å². The standard InChI is InChI=1S/C33H28N8O/c1-20-11-14-22(15-12-20)16-17-23-7-6-10-26-28(23)32(42)41(24-8-4-3-5-9-24)31(37-26)27-18-13-21(2)40(27)30-25(19-34)29(35)38-33(36)39-30/h3-12,14-15,21,27H,13,18H2,1-2H3,(H4,35,36,38,39)/t21-,27-/m0/s1. The van der Waals surface area contributed by atoms with E-state index >= 15 is 0 Å². The summed E-state index contributed by atoms with van der Waals surface area (Å²) in [4.78, 5) is 30.0. The first-order valence-electron chi connectivity index (χ1n) is 13.7. The molecule has 0 saturated carbocycles. The highest BCUT2D eigenvalue weighted by molar-refractivity contribution is 5.85. The number of anilines is 3. The van der Waals surface area contributed by atoms with Crippen LogP contribution in [0.2, 0.25) is 0 Å². The molecule has 0 radical (unpaired) electrons. The lowest BCUT2D eigenvalue weighted by molar-refractivity contribution is 0.615. The van der Waals surface area contributed by atoms with Crippen molar-refractivity contribution in [2.45, 2.75) is 38.8 Å². The molecule has 0 bridgehead atoms. The van der Waals surface area contributed by atoms with E-state index in [1.54, 1.807) is 4.57 Å². The maximum Gasteiger partial charge on any atom is 0.267 e. The van der Waals surface area contributed by atoms with Gasteiger partial charge >= 0.3 is 0 Å². The summed E-state index contributed by atoms with van der Waals surface area (Å²) < 4.78 is 1.65. The molecule has 3 aromatic carbocycles. The maximum atomic E-state index is 14.5. The van der Waals surface area contributed by atoms with Crippen LogP contribution < -0.4 is 21.9 Å². The Labute approximate surface area is 243 Å². The topological polar surface area (TPSA) is 140 Å². The second kappa shape index (κ2) is 10.7. The van der Waals surface area contributed by atoms with Gasteiger partial charge in [-0.1, -0.05) is 53.8 Å². The fourth-order valence-electron chi connectivity index (χ4n) is 5.55. The number of nitriles is 1. The summed E-state index contributed by atoms with van der Waals surface area (Å²) in [6.45, 7) is 4.07. The summed E-state index contributed by atoms with van der Waals surface area (Å²) in [6.07, 6.45) is 1.46. The van der Waals surface area contributed by atoms with Gasteiger partial charge in [0.25, 0.3) is 5.56 Å². The first-order chi connectivity index (χ1) is 20.4. The Kier molecular flexibility index (Phi) is 6.77. The minimum absolute atomic E-state index is 0.0153. The fourth-order valence-corrected chi connectivity index (χ4v) is 5.55. The fraction of sp³-hybridized carbons (Fsp3) is 0.182. The average molecular weight is 553 g/mol. The lowest BCUT2D eigenvalue weighted by Crippen LogP contribution is -2.36. The summed E-state index contributed by atoms with van der Waals surface area (Å²) in [6, 6.07) is 24.6. The smallest absolute Gasteiger partial charge is 0.267 e. The molecule has 1 aliphatic heterocycles. The number of para-hydroxylation sites is 1. The quantitative estimate of drug-likeness (QED) is 0.308. The molecule has 9 nitrogen and oxygen atoms in total. The molecule has 1 saturated heterocycles. The van der Waals surface area contributed by atoms with Crippen LogP contribution in [0, 0.1) is 30.1 Å². The number of rotatable bonds is 3. The van der Waals surface area contributed by atoms with E-state index in [9.17, 15) is 10.1 Å². The SMILES string of the molecule is Cc1ccc(C#Cc2cccc3nc([C@@H]4CC[C@H](C)N4c4nc(N)nc(N)c4C#N)n(-c4ccccc4)c(=O)c23)cc1. The molecule has 3 heterocycles. The van der Waals surface area contributed by atoms with E-state index in [1.165, 1.54) is 0 Å². The number of nitrogens with zero attached hydrogens (tertiary/aromatic N) is 6. The van der Waals surface area contributed by atoms with Crippen LogP contribution in [0.3, 0.4) is 0 Å². The number of nitrogens with two attached hydrogens (primary N) is 2. The molecule has 1 fully saturated rings. The third kappa shape index (κ3) is 4.67. The average Bonchev–Trinajstić information content (AvgIpc) is 3.37. The van der Waals surface area contributed by atoms with Crippen molar-refractivity contribution in [1.29, 1.82) is 5.26 Å². The van der Waals surface area contributed by atoms with E-state index in [-0.39, 0.29) is 35.0 Å². The highest BCUT2D eigenvalue weighted by atomic mass is 16.1. The van der Waals surface area contributed by atoms with Gasteiger partial charge in [-0.3, -0.25) is 9.36 Å².